The summed E-state index contributed by atoms with van der Waals surface area (Å²) >= 11 is 0. The van der Waals surface area contributed by atoms with Crippen LogP contribution >= 0.6 is 0 Å². The quantitative estimate of drug-likeness (QED) is 0.760. The number of para-hydroxylation sites is 1. The Morgan fingerprint density at radius 1 is 1.00 bits per heavy atom. The molecule has 0 amide bonds. The van der Waals surface area contributed by atoms with Crippen LogP contribution in [0.5, 0.6) is 5.75 Å². The van der Waals surface area contributed by atoms with Gasteiger partial charge in [0.2, 0.25) is 0 Å². The fraction of sp³-hybridized carbons (Fsp3) is 0.0714. The lowest BCUT2D eigenvalue weighted by molar-refractivity contribution is 0.305. The smallest absolute Gasteiger partial charge is 0.123 e. The highest BCUT2D eigenvalue weighted by molar-refractivity contribution is 5.35. The minimum Gasteiger partial charge on any atom is -0.489 e. The van der Waals surface area contributed by atoms with E-state index >= 15 is 0 Å². The van der Waals surface area contributed by atoms with Gasteiger partial charge in [-0.1, -0.05) is 30.3 Å². The molecular formula is C14H12FO. The second-order valence-electron chi connectivity index (χ2n) is 3.52. The van der Waals surface area contributed by atoms with Crippen molar-refractivity contribution in [3.05, 3.63) is 72.4 Å². The first-order valence-electron chi connectivity index (χ1n) is 5.04. The Morgan fingerprint density at radius 2 is 1.69 bits per heavy atom. The van der Waals surface area contributed by atoms with Gasteiger partial charge in [0.25, 0.3) is 0 Å². The van der Waals surface area contributed by atoms with Crippen LogP contribution in [-0.4, -0.2) is 0 Å². The molecule has 2 heteroatoms. The van der Waals surface area contributed by atoms with Crippen molar-refractivity contribution in [3.8, 4) is 5.75 Å². The van der Waals surface area contributed by atoms with Crippen LogP contribution in [0.4, 0.5) is 4.39 Å². The summed E-state index contributed by atoms with van der Waals surface area (Å²) in [5, 5.41) is 0. The Bertz CT molecular complexity index is 462. The normalized spacial score (nSPS) is 10.1. The average molecular weight is 215 g/mol. The summed E-state index contributed by atoms with van der Waals surface area (Å²) in [6.07, 6.45) is 0. The van der Waals surface area contributed by atoms with Gasteiger partial charge in [-0.15, -0.1) is 0 Å². The summed E-state index contributed by atoms with van der Waals surface area (Å²) < 4.78 is 18.2. The predicted octanol–water partition coefficient (Wildman–Crippen LogP) is 3.59. The molecule has 0 fully saturated rings. The number of rotatable bonds is 3. The highest BCUT2D eigenvalue weighted by Crippen LogP contribution is 2.17. The zero-order chi connectivity index (χ0) is 11.4. The van der Waals surface area contributed by atoms with Crippen molar-refractivity contribution < 1.29 is 9.13 Å². The van der Waals surface area contributed by atoms with Crippen molar-refractivity contribution in [2.45, 2.75) is 6.61 Å². The maximum absolute atomic E-state index is 12.7. The Hall–Kier alpha value is -1.83. The van der Waals surface area contributed by atoms with Crippen molar-refractivity contribution in [1.29, 1.82) is 0 Å². The molecule has 2 aromatic carbocycles. The topological polar surface area (TPSA) is 9.23 Å². The second kappa shape index (κ2) is 4.79. The van der Waals surface area contributed by atoms with E-state index in [1.807, 2.05) is 24.3 Å². The van der Waals surface area contributed by atoms with E-state index in [2.05, 4.69) is 6.92 Å². The number of hydrogen-bond acceptors (Lipinski definition) is 1. The molecule has 0 heterocycles. The molecule has 0 saturated heterocycles. The first-order chi connectivity index (χ1) is 7.75. The molecule has 0 unspecified atom stereocenters. The summed E-state index contributed by atoms with van der Waals surface area (Å²) in [6, 6.07) is 13.8. The van der Waals surface area contributed by atoms with E-state index < -0.39 is 0 Å². The summed E-state index contributed by atoms with van der Waals surface area (Å²) in [7, 11) is 0. The Balaban J connectivity index is 2.02. The van der Waals surface area contributed by atoms with E-state index in [0.29, 0.717) is 6.61 Å². The van der Waals surface area contributed by atoms with Crippen LogP contribution < -0.4 is 4.74 Å². The molecule has 0 aliphatic carbocycles. The fourth-order valence-corrected chi connectivity index (χ4v) is 1.39. The number of benzene rings is 2. The van der Waals surface area contributed by atoms with Gasteiger partial charge in [-0.05, 0) is 36.2 Å². The molecule has 2 aromatic rings. The molecule has 0 aliphatic rings. The highest BCUT2D eigenvalue weighted by atomic mass is 19.1. The monoisotopic (exact) mass is 215 g/mol. The first-order valence-corrected chi connectivity index (χ1v) is 5.04. The van der Waals surface area contributed by atoms with E-state index in [0.717, 1.165) is 16.9 Å². The van der Waals surface area contributed by atoms with E-state index in [1.54, 1.807) is 12.1 Å². The molecule has 0 atom stereocenters. The molecule has 81 valence electrons. The van der Waals surface area contributed by atoms with E-state index in [9.17, 15) is 4.39 Å². The largest absolute Gasteiger partial charge is 0.489 e. The zero-order valence-electron chi connectivity index (χ0n) is 8.82. The molecule has 0 aromatic heterocycles. The average Bonchev–Trinajstić information content (AvgIpc) is 2.30. The van der Waals surface area contributed by atoms with Gasteiger partial charge in [0.15, 0.2) is 0 Å². The van der Waals surface area contributed by atoms with Gasteiger partial charge < -0.3 is 4.74 Å². The third-order valence-electron chi connectivity index (χ3n) is 2.28. The van der Waals surface area contributed by atoms with E-state index in [1.165, 1.54) is 12.1 Å². The van der Waals surface area contributed by atoms with Crippen LogP contribution in [0.1, 0.15) is 11.1 Å². The van der Waals surface area contributed by atoms with Gasteiger partial charge in [0.1, 0.15) is 18.2 Å². The predicted molar refractivity (Wildman–Crippen MR) is 61.6 cm³/mol. The molecule has 0 aliphatic heterocycles. The molecule has 1 radical (unpaired) electrons. The van der Waals surface area contributed by atoms with Gasteiger partial charge >= 0.3 is 0 Å². The van der Waals surface area contributed by atoms with Crippen molar-refractivity contribution in [2.24, 2.45) is 0 Å². The summed E-state index contributed by atoms with van der Waals surface area (Å²) in [4.78, 5) is 0. The molecule has 0 bridgehead atoms. The van der Waals surface area contributed by atoms with Crippen molar-refractivity contribution in [2.75, 3.05) is 0 Å². The zero-order valence-corrected chi connectivity index (χ0v) is 8.82. The first kappa shape index (κ1) is 10.7. The van der Waals surface area contributed by atoms with Crippen LogP contribution in [0, 0.1) is 12.7 Å². The van der Waals surface area contributed by atoms with Gasteiger partial charge in [-0.3, -0.25) is 0 Å². The van der Waals surface area contributed by atoms with Gasteiger partial charge in [-0.25, -0.2) is 4.39 Å². The number of hydrogen-bond donors (Lipinski definition) is 0. The Morgan fingerprint density at radius 3 is 2.38 bits per heavy atom. The molecule has 0 saturated carbocycles. The molecule has 0 N–H and O–H groups in total. The molecular weight excluding hydrogens is 203 g/mol. The van der Waals surface area contributed by atoms with Gasteiger partial charge in [-0.2, -0.15) is 0 Å². The molecule has 16 heavy (non-hydrogen) atoms. The third-order valence-corrected chi connectivity index (χ3v) is 2.28. The Kier molecular flexibility index (Phi) is 3.20. The van der Waals surface area contributed by atoms with Crippen molar-refractivity contribution in [3.63, 3.8) is 0 Å². The minimum atomic E-state index is -0.235. The van der Waals surface area contributed by atoms with Crippen LogP contribution in [0.3, 0.4) is 0 Å². The Labute approximate surface area is 94.5 Å². The molecule has 2 rings (SSSR count). The SMILES string of the molecule is [CH2]c1ccccc1OCc1ccc(F)cc1. The third kappa shape index (κ3) is 2.60. The number of ether oxygens (including phenoxy) is 1. The standard InChI is InChI=1S/C14H12FO/c1-11-4-2-3-5-14(11)16-10-12-6-8-13(15)9-7-12/h2-9H,1,10H2. The lowest BCUT2D eigenvalue weighted by atomic mass is 10.2. The summed E-state index contributed by atoms with van der Waals surface area (Å²) in [5.41, 5.74) is 1.79. The van der Waals surface area contributed by atoms with Crippen molar-refractivity contribution >= 4 is 0 Å². The number of halogens is 1. The summed E-state index contributed by atoms with van der Waals surface area (Å²) in [5.74, 6) is 0.521. The van der Waals surface area contributed by atoms with E-state index in [-0.39, 0.29) is 5.82 Å². The van der Waals surface area contributed by atoms with Crippen LogP contribution in [0.25, 0.3) is 0 Å². The fourth-order valence-electron chi connectivity index (χ4n) is 1.39. The second-order valence-corrected chi connectivity index (χ2v) is 3.52. The van der Waals surface area contributed by atoms with Crippen LogP contribution in [-0.2, 0) is 6.61 Å². The minimum absolute atomic E-state index is 0.235. The van der Waals surface area contributed by atoms with E-state index in [4.69, 9.17) is 4.74 Å². The lowest BCUT2D eigenvalue weighted by Gasteiger charge is -2.08. The molecule has 1 nitrogen and oxygen atoms in total. The maximum atomic E-state index is 12.7. The highest BCUT2D eigenvalue weighted by Gasteiger charge is 1.99. The summed E-state index contributed by atoms with van der Waals surface area (Å²) in [6.45, 7) is 4.29. The van der Waals surface area contributed by atoms with Crippen molar-refractivity contribution in [1.82, 2.24) is 0 Å². The van der Waals surface area contributed by atoms with Gasteiger partial charge in [0.05, 0.1) is 0 Å². The van der Waals surface area contributed by atoms with Crippen LogP contribution in [0.2, 0.25) is 0 Å². The van der Waals surface area contributed by atoms with Crippen LogP contribution in [0.15, 0.2) is 48.5 Å². The maximum Gasteiger partial charge on any atom is 0.123 e. The molecule has 0 spiro atoms. The van der Waals surface area contributed by atoms with Gasteiger partial charge in [0, 0.05) is 0 Å². The lowest BCUT2D eigenvalue weighted by Crippen LogP contribution is -1.96.